The van der Waals surface area contributed by atoms with Gasteiger partial charge in [0.05, 0.1) is 14.2 Å². The van der Waals surface area contributed by atoms with E-state index in [4.69, 9.17) is 15.2 Å². The van der Waals surface area contributed by atoms with E-state index in [1.165, 1.54) is 0 Å². The monoisotopic (exact) mass is 271 g/mol. The van der Waals surface area contributed by atoms with Crippen molar-refractivity contribution in [3.8, 4) is 11.5 Å². The van der Waals surface area contributed by atoms with Crippen molar-refractivity contribution in [2.75, 3.05) is 14.2 Å². The molecule has 0 spiro atoms. The Balaban J connectivity index is 2.19. The Kier molecular flexibility index (Phi) is 4.64. The molecular weight excluding hydrogens is 250 g/mol. The van der Waals surface area contributed by atoms with E-state index in [0.29, 0.717) is 0 Å². The van der Waals surface area contributed by atoms with Crippen LogP contribution in [0.5, 0.6) is 11.5 Å². The van der Waals surface area contributed by atoms with Gasteiger partial charge in [-0.1, -0.05) is 30.3 Å². The van der Waals surface area contributed by atoms with E-state index in [1.54, 1.807) is 14.2 Å². The number of methoxy groups -OCH3 is 2. The molecule has 0 radical (unpaired) electrons. The van der Waals surface area contributed by atoms with Gasteiger partial charge in [-0.15, -0.1) is 0 Å². The summed E-state index contributed by atoms with van der Waals surface area (Å²) >= 11 is 0. The normalized spacial score (nSPS) is 12.0. The minimum atomic E-state index is -0.0593. The van der Waals surface area contributed by atoms with E-state index in [0.717, 1.165) is 34.6 Å². The quantitative estimate of drug-likeness (QED) is 0.908. The number of hydrogen-bond donors (Lipinski definition) is 1. The van der Waals surface area contributed by atoms with Crippen LogP contribution in [-0.4, -0.2) is 14.2 Å². The molecule has 0 aromatic heterocycles. The second-order valence-electron chi connectivity index (χ2n) is 4.85. The minimum Gasteiger partial charge on any atom is -0.496 e. The minimum absolute atomic E-state index is 0.0593. The molecule has 3 heteroatoms. The third kappa shape index (κ3) is 3.11. The van der Waals surface area contributed by atoms with Crippen LogP contribution in [-0.2, 0) is 6.42 Å². The van der Waals surface area contributed by atoms with Crippen LogP contribution in [0, 0.1) is 6.92 Å². The van der Waals surface area contributed by atoms with E-state index in [1.807, 2.05) is 37.3 Å². The van der Waals surface area contributed by atoms with Crippen LogP contribution in [0.15, 0.2) is 42.5 Å². The average molecular weight is 271 g/mol. The van der Waals surface area contributed by atoms with Crippen molar-refractivity contribution < 1.29 is 9.47 Å². The predicted molar refractivity (Wildman–Crippen MR) is 81.4 cm³/mol. The van der Waals surface area contributed by atoms with E-state index < -0.39 is 0 Å². The lowest BCUT2D eigenvalue weighted by atomic mass is 9.97. The summed E-state index contributed by atoms with van der Waals surface area (Å²) < 4.78 is 10.6. The second-order valence-corrected chi connectivity index (χ2v) is 4.85. The van der Waals surface area contributed by atoms with E-state index in [9.17, 15) is 0 Å². The van der Waals surface area contributed by atoms with Crippen LogP contribution in [0.4, 0.5) is 0 Å². The Hall–Kier alpha value is -2.00. The highest BCUT2D eigenvalue weighted by atomic mass is 16.5. The number of aryl methyl sites for hydroxylation is 1. The predicted octanol–water partition coefficient (Wildman–Crippen LogP) is 3.25. The largest absolute Gasteiger partial charge is 0.496 e. The van der Waals surface area contributed by atoms with Crippen molar-refractivity contribution in [3.63, 3.8) is 0 Å². The Morgan fingerprint density at radius 3 is 2.35 bits per heavy atom. The third-order valence-corrected chi connectivity index (χ3v) is 3.48. The number of hydrogen-bond acceptors (Lipinski definition) is 3. The lowest BCUT2D eigenvalue weighted by molar-refractivity contribution is 0.407. The highest BCUT2D eigenvalue weighted by molar-refractivity contribution is 5.39. The molecule has 0 aliphatic rings. The first-order valence-corrected chi connectivity index (χ1v) is 6.67. The number of para-hydroxylation sites is 1. The maximum absolute atomic E-state index is 6.31. The van der Waals surface area contributed by atoms with Gasteiger partial charge in [0.1, 0.15) is 11.5 Å². The first-order chi connectivity index (χ1) is 9.65. The maximum Gasteiger partial charge on any atom is 0.122 e. The van der Waals surface area contributed by atoms with E-state index in [2.05, 4.69) is 12.1 Å². The SMILES string of the molecule is COc1ccc(C(N)Cc2ccccc2OC)cc1C. The van der Waals surface area contributed by atoms with Gasteiger partial charge in [-0.05, 0) is 42.2 Å². The van der Waals surface area contributed by atoms with Crippen LogP contribution >= 0.6 is 0 Å². The maximum atomic E-state index is 6.31. The molecular formula is C17H21NO2. The topological polar surface area (TPSA) is 44.5 Å². The number of rotatable bonds is 5. The van der Waals surface area contributed by atoms with Crippen LogP contribution < -0.4 is 15.2 Å². The van der Waals surface area contributed by atoms with Gasteiger partial charge in [0.15, 0.2) is 0 Å². The van der Waals surface area contributed by atoms with Crippen molar-refractivity contribution in [1.29, 1.82) is 0 Å². The standard InChI is InChI=1S/C17H21NO2/c1-12-10-13(8-9-16(12)19-2)15(18)11-14-6-4-5-7-17(14)20-3/h4-10,15H,11,18H2,1-3H3. The smallest absolute Gasteiger partial charge is 0.122 e. The zero-order valence-corrected chi connectivity index (χ0v) is 12.2. The molecule has 106 valence electrons. The molecule has 2 aromatic rings. The summed E-state index contributed by atoms with van der Waals surface area (Å²) in [5.74, 6) is 1.77. The van der Waals surface area contributed by atoms with Crippen LogP contribution in [0.25, 0.3) is 0 Å². The summed E-state index contributed by atoms with van der Waals surface area (Å²) in [6.45, 7) is 2.03. The fraction of sp³-hybridized carbons (Fsp3) is 0.294. The third-order valence-electron chi connectivity index (χ3n) is 3.48. The number of ether oxygens (including phenoxy) is 2. The molecule has 2 rings (SSSR count). The van der Waals surface area contributed by atoms with Gasteiger partial charge in [-0.25, -0.2) is 0 Å². The zero-order valence-electron chi connectivity index (χ0n) is 12.2. The number of benzene rings is 2. The van der Waals surface area contributed by atoms with Gasteiger partial charge in [-0.2, -0.15) is 0 Å². The molecule has 0 aliphatic carbocycles. The molecule has 3 nitrogen and oxygen atoms in total. The van der Waals surface area contributed by atoms with E-state index >= 15 is 0 Å². The van der Waals surface area contributed by atoms with Gasteiger partial charge >= 0.3 is 0 Å². The Labute approximate surface area is 120 Å². The second kappa shape index (κ2) is 6.44. The molecule has 0 saturated heterocycles. The first kappa shape index (κ1) is 14.4. The Morgan fingerprint density at radius 1 is 1.00 bits per heavy atom. The average Bonchev–Trinajstić information content (AvgIpc) is 2.47. The lowest BCUT2D eigenvalue weighted by Crippen LogP contribution is -2.14. The van der Waals surface area contributed by atoms with Crippen molar-refractivity contribution in [3.05, 3.63) is 59.2 Å². The molecule has 0 amide bonds. The molecule has 20 heavy (non-hydrogen) atoms. The fourth-order valence-electron chi connectivity index (χ4n) is 2.36. The summed E-state index contributed by atoms with van der Waals surface area (Å²) in [5.41, 5.74) is 9.64. The first-order valence-electron chi connectivity index (χ1n) is 6.67. The Morgan fingerprint density at radius 2 is 1.70 bits per heavy atom. The molecule has 1 unspecified atom stereocenters. The molecule has 2 N–H and O–H groups in total. The highest BCUT2D eigenvalue weighted by Crippen LogP contribution is 2.26. The molecule has 1 atom stereocenters. The van der Waals surface area contributed by atoms with Crippen molar-refractivity contribution in [2.45, 2.75) is 19.4 Å². The van der Waals surface area contributed by atoms with Crippen molar-refractivity contribution in [1.82, 2.24) is 0 Å². The van der Waals surface area contributed by atoms with Gasteiger partial charge in [0.2, 0.25) is 0 Å². The van der Waals surface area contributed by atoms with Crippen molar-refractivity contribution >= 4 is 0 Å². The fourth-order valence-corrected chi connectivity index (χ4v) is 2.36. The van der Waals surface area contributed by atoms with Gasteiger partial charge in [0, 0.05) is 6.04 Å². The van der Waals surface area contributed by atoms with Gasteiger partial charge in [-0.3, -0.25) is 0 Å². The Bertz CT molecular complexity index is 581. The highest BCUT2D eigenvalue weighted by Gasteiger charge is 2.11. The van der Waals surface area contributed by atoms with Crippen LogP contribution in [0.3, 0.4) is 0 Å². The zero-order chi connectivity index (χ0) is 14.5. The summed E-state index contributed by atoms with van der Waals surface area (Å²) in [4.78, 5) is 0. The molecule has 0 bridgehead atoms. The molecule has 0 aliphatic heterocycles. The van der Waals surface area contributed by atoms with Crippen LogP contribution in [0.1, 0.15) is 22.7 Å². The molecule has 2 aromatic carbocycles. The van der Waals surface area contributed by atoms with Crippen molar-refractivity contribution in [2.24, 2.45) is 5.73 Å². The molecule has 0 fully saturated rings. The lowest BCUT2D eigenvalue weighted by Gasteiger charge is -2.16. The summed E-state index contributed by atoms with van der Waals surface area (Å²) in [6, 6.07) is 14.0. The number of nitrogens with two attached hydrogens (primary N) is 1. The molecule has 0 saturated carbocycles. The summed E-state index contributed by atoms with van der Waals surface area (Å²) in [6.07, 6.45) is 0.746. The van der Waals surface area contributed by atoms with Gasteiger partial charge < -0.3 is 15.2 Å². The van der Waals surface area contributed by atoms with Crippen LogP contribution in [0.2, 0.25) is 0 Å². The van der Waals surface area contributed by atoms with Gasteiger partial charge in [0.25, 0.3) is 0 Å². The van der Waals surface area contributed by atoms with E-state index in [-0.39, 0.29) is 6.04 Å². The summed E-state index contributed by atoms with van der Waals surface area (Å²) in [5, 5.41) is 0. The molecule has 0 heterocycles. The summed E-state index contributed by atoms with van der Waals surface area (Å²) in [7, 11) is 3.36.